The van der Waals surface area contributed by atoms with Crippen LogP contribution in [0.5, 0.6) is 0 Å². The molecule has 0 saturated heterocycles. The maximum absolute atomic E-state index is 11.4. The third-order valence-electron chi connectivity index (χ3n) is 1.67. The number of carbonyl (C=O) groups excluding carboxylic acids is 1. The second kappa shape index (κ2) is 4.84. The molecular weight excluding hydrogens is 266 g/mol. The van der Waals surface area contributed by atoms with E-state index in [0.29, 0.717) is 11.8 Å². The third kappa shape index (κ3) is 4.96. The third-order valence-corrected chi connectivity index (χ3v) is 5.17. The fraction of sp³-hybridized carbons (Fsp3) is 0.222. The van der Waals surface area contributed by atoms with Crippen LogP contribution in [0.15, 0.2) is 24.3 Å². The Morgan fingerprint density at radius 3 is 2.41 bits per heavy atom. The number of anilines is 1. The van der Waals surface area contributed by atoms with Crippen molar-refractivity contribution in [2.75, 3.05) is 16.1 Å². The topological polar surface area (TPSA) is 97.4 Å². The Balaban J connectivity index is 2.94. The lowest BCUT2D eigenvalue weighted by Gasteiger charge is -2.07. The summed E-state index contributed by atoms with van der Waals surface area (Å²) in [6.07, 6.45) is 1.39. The van der Waals surface area contributed by atoms with E-state index in [1.165, 1.54) is 24.3 Å². The molecule has 8 heteroatoms. The number of rotatable bonds is 5. The number of sulfonamides is 1. The van der Waals surface area contributed by atoms with E-state index in [2.05, 4.69) is 4.72 Å². The number of nitrogens with one attached hydrogen (secondary N) is 1. The fourth-order valence-electron chi connectivity index (χ4n) is 1.17. The summed E-state index contributed by atoms with van der Waals surface area (Å²) in [4.78, 5) is 10.5. The van der Waals surface area contributed by atoms with E-state index in [1.54, 1.807) is 0 Å². The number of benzene rings is 1. The summed E-state index contributed by atoms with van der Waals surface area (Å²) >= 11 is 0. The molecular formula is C9H11NO5S2. The van der Waals surface area contributed by atoms with E-state index < -0.39 is 24.9 Å². The Morgan fingerprint density at radius 1 is 1.24 bits per heavy atom. The van der Waals surface area contributed by atoms with Gasteiger partial charge in [-0.3, -0.25) is 9.52 Å². The van der Waals surface area contributed by atoms with Crippen molar-refractivity contribution in [2.24, 2.45) is 0 Å². The largest absolute Gasteiger partial charge is 0.298 e. The van der Waals surface area contributed by atoms with Crippen LogP contribution >= 0.6 is 0 Å². The molecule has 0 aliphatic carbocycles. The zero-order valence-corrected chi connectivity index (χ0v) is 10.6. The van der Waals surface area contributed by atoms with Crippen LogP contribution in [-0.2, 0) is 19.9 Å². The average molecular weight is 277 g/mol. The molecule has 1 aromatic carbocycles. The van der Waals surface area contributed by atoms with Gasteiger partial charge in [0.05, 0.1) is 0 Å². The molecule has 6 nitrogen and oxygen atoms in total. The predicted octanol–water partition coefficient (Wildman–Crippen LogP) is 0.243. The van der Waals surface area contributed by atoms with Crippen molar-refractivity contribution in [3.8, 4) is 0 Å². The Hall–Kier alpha value is -1.41. The smallest absolute Gasteiger partial charge is 0.247 e. The van der Waals surface area contributed by atoms with E-state index in [-0.39, 0.29) is 5.69 Å². The summed E-state index contributed by atoms with van der Waals surface area (Å²) in [5.41, 5.74) is 0.447. The van der Waals surface area contributed by atoms with Crippen LogP contribution in [0.3, 0.4) is 0 Å². The monoisotopic (exact) mass is 277 g/mol. The van der Waals surface area contributed by atoms with Gasteiger partial charge in [0.15, 0.2) is 14.9 Å². The van der Waals surface area contributed by atoms with Crippen molar-refractivity contribution >= 4 is 31.8 Å². The lowest BCUT2D eigenvalue weighted by Crippen LogP contribution is -2.22. The summed E-state index contributed by atoms with van der Waals surface area (Å²) in [6, 6.07) is 5.73. The standard InChI is InChI=1S/C9H11NO5S2/c1-16(12,13)7-17(14,15)10-9-4-2-3-8(5-9)6-11/h2-6,10H,7H2,1H3. The lowest BCUT2D eigenvalue weighted by molar-refractivity contribution is 0.112. The second-order valence-corrected chi connectivity index (χ2v) is 7.73. The minimum Gasteiger partial charge on any atom is -0.298 e. The first-order valence-corrected chi connectivity index (χ1v) is 8.16. The van der Waals surface area contributed by atoms with E-state index in [1.807, 2.05) is 0 Å². The fourth-order valence-corrected chi connectivity index (χ4v) is 4.14. The van der Waals surface area contributed by atoms with E-state index >= 15 is 0 Å². The van der Waals surface area contributed by atoms with Crippen molar-refractivity contribution in [3.05, 3.63) is 29.8 Å². The van der Waals surface area contributed by atoms with Gasteiger partial charge in [0.1, 0.15) is 6.29 Å². The van der Waals surface area contributed by atoms with Crippen LogP contribution in [-0.4, -0.2) is 34.5 Å². The molecule has 0 atom stereocenters. The first-order chi connectivity index (χ1) is 7.72. The number of hydrogen-bond acceptors (Lipinski definition) is 5. The van der Waals surface area contributed by atoms with Crippen LogP contribution in [0.2, 0.25) is 0 Å². The lowest BCUT2D eigenvalue weighted by atomic mass is 10.2. The zero-order valence-electron chi connectivity index (χ0n) is 8.95. The van der Waals surface area contributed by atoms with Crippen LogP contribution in [0.4, 0.5) is 5.69 Å². The molecule has 1 rings (SSSR count). The number of hydrogen-bond donors (Lipinski definition) is 1. The molecule has 0 unspecified atom stereocenters. The first-order valence-electron chi connectivity index (χ1n) is 4.45. The summed E-state index contributed by atoms with van der Waals surface area (Å²) in [6.45, 7) is 0. The van der Waals surface area contributed by atoms with Crippen molar-refractivity contribution in [3.63, 3.8) is 0 Å². The molecule has 1 aromatic rings. The Morgan fingerprint density at radius 2 is 1.88 bits per heavy atom. The Kier molecular flexibility index (Phi) is 3.89. The number of aldehydes is 1. The number of sulfone groups is 1. The highest BCUT2D eigenvalue weighted by Crippen LogP contribution is 2.11. The highest BCUT2D eigenvalue weighted by Gasteiger charge is 2.17. The van der Waals surface area contributed by atoms with E-state index in [0.717, 1.165) is 6.26 Å². The van der Waals surface area contributed by atoms with Crippen LogP contribution in [0.25, 0.3) is 0 Å². The Labute approximate surface area is 99.6 Å². The van der Waals surface area contributed by atoms with E-state index in [9.17, 15) is 21.6 Å². The minimum absolute atomic E-state index is 0.151. The van der Waals surface area contributed by atoms with Gasteiger partial charge in [0, 0.05) is 17.5 Å². The minimum atomic E-state index is -3.97. The molecule has 0 aliphatic rings. The number of carbonyl (C=O) groups is 1. The average Bonchev–Trinajstić information content (AvgIpc) is 2.13. The quantitative estimate of drug-likeness (QED) is 0.778. The molecule has 0 bridgehead atoms. The van der Waals surface area contributed by atoms with Crippen LogP contribution in [0.1, 0.15) is 10.4 Å². The molecule has 0 fully saturated rings. The molecule has 0 spiro atoms. The van der Waals surface area contributed by atoms with Gasteiger partial charge in [-0.25, -0.2) is 16.8 Å². The SMILES string of the molecule is CS(=O)(=O)CS(=O)(=O)Nc1cccc(C=O)c1. The van der Waals surface area contributed by atoms with Crippen molar-refractivity contribution < 1.29 is 21.6 Å². The highest BCUT2D eigenvalue weighted by molar-refractivity contribution is 8.08. The molecule has 0 radical (unpaired) electrons. The van der Waals surface area contributed by atoms with Gasteiger partial charge < -0.3 is 0 Å². The maximum Gasteiger partial charge on any atom is 0.247 e. The van der Waals surface area contributed by atoms with Gasteiger partial charge in [-0.15, -0.1) is 0 Å². The molecule has 17 heavy (non-hydrogen) atoms. The summed E-state index contributed by atoms with van der Waals surface area (Å²) in [7, 11) is -7.61. The van der Waals surface area contributed by atoms with Crippen LogP contribution in [0, 0.1) is 0 Å². The molecule has 0 heterocycles. The van der Waals surface area contributed by atoms with Gasteiger partial charge in [0.25, 0.3) is 0 Å². The first kappa shape index (κ1) is 13.7. The summed E-state index contributed by atoms with van der Waals surface area (Å²) in [5.74, 6) is 0. The molecule has 0 saturated carbocycles. The van der Waals surface area contributed by atoms with Gasteiger partial charge in [-0.05, 0) is 12.1 Å². The molecule has 0 aromatic heterocycles. The van der Waals surface area contributed by atoms with Crippen molar-refractivity contribution in [2.45, 2.75) is 0 Å². The molecule has 94 valence electrons. The highest BCUT2D eigenvalue weighted by atomic mass is 32.3. The Bertz CT molecular complexity index is 619. The molecule has 1 N–H and O–H groups in total. The normalized spacial score (nSPS) is 12.1. The molecule has 0 amide bonds. The van der Waals surface area contributed by atoms with Crippen molar-refractivity contribution in [1.82, 2.24) is 0 Å². The second-order valence-electron chi connectivity index (χ2n) is 3.50. The predicted molar refractivity (Wildman–Crippen MR) is 64.1 cm³/mol. The van der Waals surface area contributed by atoms with Gasteiger partial charge in [0.2, 0.25) is 10.0 Å². The van der Waals surface area contributed by atoms with E-state index in [4.69, 9.17) is 0 Å². The van der Waals surface area contributed by atoms with Crippen molar-refractivity contribution in [1.29, 1.82) is 0 Å². The van der Waals surface area contributed by atoms with Gasteiger partial charge in [-0.2, -0.15) is 0 Å². The van der Waals surface area contributed by atoms with Gasteiger partial charge in [-0.1, -0.05) is 12.1 Å². The maximum atomic E-state index is 11.4. The summed E-state index contributed by atoms with van der Waals surface area (Å²) < 4.78 is 46.7. The molecule has 0 aliphatic heterocycles. The van der Waals surface area contributed by atoms with Gasteiger partial charge >= 0.3 is 0 Å². The zero-order chi connectivity index (χ0) is 13.1. The summed E-state index contributed by atoms with van der Waals surface area (Å²) in [5, 5.41) is -0.995. The van der Waals surface area contributed by atoms with Crippen LogP contribution < -0.4 is 4.72 Å².